The standard InChI is InChI=1S/C10H11ClN4O2/c1-6(13-10(16)17)4-7-5-15-8(2-3-12-15)14-9(7)11/h2-3,5-6,13H,4H2,1H3,(H,16,17)/t6-/m1/s1. The number of carboxylic acid groups (broad SMARTS) is 1. The number of halogens is 1. The van der Waals surface area contributed by atoms with Crippen LogP contribution in [0.2, 0.25) is 5.15 Å². The number of hydrogen-bond donors (Lipinski definition) is 2. The molecule has 0 aromatic carbocycles. The highest BCUT2D eigenvalue weighted by molar-refractivity contribution is 6.30. The molecule has 2 N–H and O–H groups in total. The lowest BCUT2D eigenvalue weighted by molar-refractivity contribution is 0.190. The predicted octanol–water partition coefficient (Wildman–Crippen LogP) is 1.58. The van der Waals surface area contributed by atoms with E-state index < -0.39 is 6.09 Å². The van der Waals surface area contributed by atoms with Crippen LogP contribution in [0.4, 0.5) is 4.79 Å². The Hall–Kier alpha value is -1.82. The predicted molar refractivity (Wildman–Crippen MR) is 62.3 cm³/mol. The molecule has 2 aromatic heterocycles. The van der Waals surface area contributed by atoms with Crippen LogP contribution in [-0.2, 0) is 6.42 Å². The van der Waals surface area contributed by atoms with E-state index in [1.54, 1.807) is 29.9 Å². The van der Waals surface area contributed by atoms with Gasteiger partial charge in [-0.05, 0) is 13.3 Å². The summed E-state index contributed by atoms with van der Waals surface area (Å²) >= 11 is 6.01. The van der Waals surface area contributed by atoms with Crippen LogP contribution in [0, 0.1) is 0 Å². The van der Waals surface area contributed by atoms with Crippen molar-refractivity contribution in [2.75, 3.05) is 0 Å². The van der Waals surface area contributed by atoms with Crippen molar-refractivity contribution in [3.8, 4) is 0 Å². The van der Waals surface area contributed by atoms with Crippen molar-refractivity contribution in [3.05, 3.63) is 29.2 Å². The first-order chi connectivity index (χ1) is 8.06. The van der Waals surface area contributed by atoms with E-state index in [2.05, 4.69) is 15.4 Å². The Kier molecular flexibility index (Phi) is 3.14. The summed E-state index contributed by atoms with van der Waals surface area (Å²) < 4.78 is 1.61. The third kappa shape index (κ3) is 2.65. The van der Waals surface area contributed by atoms with Crippen molar-refractivity contribution < 1.29 is 9.90 Å². The molecule has 0 spiro atoms. The Morgan fingerprint density at radius 1 is 1.71 bits per heavy atom. The molecular weight excluding hydrogens is 244 g/mol. The smallest absolute Gasteiger partial charge is 0.404 e. The molecule has 6 nitrogen and oxygen atoms in total. The molecule has 1 amide bonds. The molecule has 0 aliphatic heterocycles. The highest BCUT2D eigenvalue weighted by atomic mass is 35.5. The minimum Gasteiger partial charge on any atom is -0.465 e. The second kappa shape index (κ2) is 4.58. The summed E-state index contributed by atoms with van der Waals surface area (Å²) in [5, 5.41) is 15.4. The van der Waals surface area contributed by atoms with Gasteiger partial charge in [0.1, 0.15) is 5.15 Å². The van der Waals surface area contributed by atoms with Crippen LogP contribution >= 0.6 is 11.6 Å². The second-order valence-electron chi connectivity index (χ2n) is 3.75. The topological polar surface area (TPSA) is 79.5 Å². The molecule has 0 radical (unpaired) electrons. The lowest BCUT2D eigenvalue weighted by atomic mass is 10.1. The number of carbonyl (C=O) groups is 1. The molecule has 0 unspecified atom stereocenters. The molecule has 0 aliphatic rings. The minimum atomic E-state index is -1.05. The Morgan fingerprint density at radius 3 is 3.18 bits per heavy atom. The summed E-state index contributed by atoms with van der Waals surface area (Å²) in [5.41, 5.74) is 1.42. The van der Waals surface area contributed by atoms with Gasteiger partial charge in [-0.3, -0.25) is 0 Å². The molecule has 0 saturated carbocycles. The van der Waals surface area contributed by atoms with Crippen molar-refractivity contribution in [2.45, 2.75) is 19.4 Å². The fraction of sp³-hybridized carbons (Fsp3) is 0.300. The van der Waals surface area contributed by atoms with E-state index in [4.69, 9.17) is 16.7 Å². The Bertz CT molecular complexity index is 554. The van der Waals surface area contributed by atoms with Gasteiger partial charge in [0.2, 0.25) is 0 Å². The molecule has 2 heterocycles. The maximum absolute atomic E-state index is 10.5. The van der Waals surface area contributed by atoms with E-state index in [-0.39, 0.29) is 6.04 Å². The average molecular weight is 255 g/mol. The maximum Gasteiger partial charge on any atom is 0.404 e. The summed E-state index contributed by atoms with van der Waals surface area (Å²) in [6.45, 7) is 1.76. The van der Waals surface area contributed by atoms with Gasteiger partial charge in [0.05, 0.1) is 6.20 Å². The van der Waals surface area contributed by atoms with Crippen LogP contribution in [0.25, 0.3) is 5.65 Å². The third-order valence-electron chi connectivity index (χ3n) is 2.30. The Labute approximate surface area is 102 Å². The quantitative estimate of drug-likeness (QED) is 0.815. The second-order valence-corrected chi connectivity index (χ2v) is 4.10. The van der Waals surface area contributed by atoms with Gasteiger partial charge in [-0.15, -0.1) is 0 Å². The summed E-state index contributed by atoms with van der Waals surface area (Å²) in [7, 11) is 0. The van der Waals surface area contributed by atoms with Crippen molar-refractivity contribution in [3.63, 3.8) is 0 Å². The molecule has 0 bridgehead atoms. The van der Waals surface area contributed by atoms with Gasteiger partial charge in [0.25, 0.3) is 0 Å². The monoisotopic (exact) mass is 254 g/mol. The summed E-state index contributed by atoms with van der Waals surface area (Å²) in [6, 6.07) is 1.51. The van der Waals surface area contributed by atoms with Gasteiger partial charge in [-0.25, -0.2) is 14.3 Å². The van der Waals surface area contributed by atoms with Crippen LogP contribution in [0.1, 0.15) is 12.5 Å². The van der Waals surface area contributed by atoms with E-state index in [9.17, 15) is 4.79 Å². The molecule has 0 fully saturated rings. The highest BCUT2D eigenvalue weighted by Crippen LogP contribution is 2.16. The number of amides is 1. The zero-order valence-electron chi connectivity index (χ0n) is 9.09. The molecule has 2 rings (SSSR count). The number of hydrogen-bond acceptors (Lipinski definition) is 3. The zero-order chi connectivity index (χ0) is 12.4. The fourth-order valence-electron chi connectivity index (χ4n) is 1.60. The van der Waals surface area contributed by atoms with Crippen LogP contribution in [0.5, 0.6) is 0 Å². The van der Waals surface area contributed by atoms with Crippen LogP contribution in [-0.4, -0.2) is 31.8 Å². The third-order valence-corrected chi connectivity index (χ3v) is 2.63. The number of nitrogens with one attached hydrogen (secondary N) is 1. The number of nitrogens with zero attached hydrogens (tertiary/aromatic N) is 3. The van der Waals surface area contributed by atoms with E-state index in [0.717, 1.165) is 5.56 Å². The molecule has 0 aliphatic carbocycles. The first-order valence-corrected chi connectivity index (χ1v) is 5.42. The van der Waals surface area contributed by atoms with Crippen LogP contribution in [0.3, 0.4) is 0 Å². The van der Waals surface area contributed by atoms with Gasteiger partial charge in [-0.2, -0.15) is 5.10 Å². The van der Waals surface area contributed by atoms with Crippen LogP contribution < -0.4 is 5.32 Å². The molecule has 7 heteroatoms. The molecular formula is C10H11ClN4O2. The van der Waals surface area contributed by atoms with Gasteiger partial charge in [0, 0.05) is 23.9 Å². The van der Waals surface area contributed by atoms with Crippen molar-refractivity contribution >= 4 is 23.3 Å². The lowest BCUT2D eigenvalue weighted by Crippen LogP contribution is -2.32. The van der Waals surface area contributed by atoms with Crippen LogP contribution in [0.15, 0.2) is 18.5 Å². The minimum absolute atomic E-state index is 0.236. The van der Waals surface area contributed by atoms with Gasteiger partial charge in [-0.1, -0.05) is 11.6 Å². The van der Waals surface area contributed by atoms with E-state index in [1.165, 1.54) is 0 Å². The average Bonchev–Trinajstić information content (AvgIpc) is 2.63. The van der Waals surface area contributed by atoms with Crippen molar-refractivity contribution in [1.29, 1.82) is 0 Å². The van der Waals surface area contributed by atoms with E-state index in [1.807, 2.05) is 0 Å². The first kappa shape index (κ1) is 11.7. The summed E-state index contributed by atoms with van der Waals surface area (Å²) in [5.74, 6) is 0. The molecule has 90 valence electrons. The summed E-state index contributed by atoms with van der Waals surface area (Å²) in [6.07, 6.45) is 2.79. The first-order valence-electron chi connectivity index (χ1n) is 5.04. The molecule has 1 atom stereocenters. The largest absolute Gasteiger partial charge is 0.465 e. The van der Waals surface area contributed by atoms with E-state index in [0.29, 0.717) is 17.2 Å². The number of aromatic nitrogens is 3. The van der Waals surface area contributed by atoms with Gasteiger partial charge < -0.3 is 10.4 Å². The SMILES string of the molecule is C[C@H](Cc1cn2nccc2nc1Cl)NC(=O)O. The molecule has 17 heavy (non-hydrogen) atoms. The lowest BCUT2D eigenvalue weighted by Gasteiger charge is -2.12. The summed E-state index contributed by atoms with van der Waals surface area (Å²) in [4.78, 5) is 14.6. The molecule has 2 aromatic rings. The van der Waals surface area contributed by atoms with Gasteiger partial charge >= 0.3 is 6.09 Å². The normalized spacial score (nSPS) is 12.6. The van der Waals surface area contributed by atoms with Crippen molar-refractivity contribution in [1.82, 2.24) is 19.9 Å². The fourth-order valence-corrected chi connectivity index (χ4v) is 1.81. The highest BCUT2D eigenvalue weighted by Gasteiger charge is 2.11. The van der Waals surface area contributed by atoms with Gasteiger partial charge in [0.15, 0.2) is 5.65 Å². The Balaban J connectivity index is 2.22. The molecule has 0 saturated heterocycles. The number of fused-ring (bicyclic) bond motifs is 1. The number of rotatable bonds is 3. The van der Waals surface area contributed by atoms with Crippen molar-refractivity contribution in [2.24, 2.45) is 0 Å². The zero-order valence-corrected chi connectivity index (χ0v) is 9.85. The maximum atomic E-state index is 10.5. The Morgan fingerprint density at radius 2 is 2.47 bits per heavy atom. The van der Waals surface area contributed by atoms with E-state index >= 15 is 0 Å².